The lowest BCUT2D eigenvalue weighted by atomic mass is 9.69. The molecule has 0 nitrogen and oxygen atoms in total. The van der Waals surface area contributed by atoms with Gasteiger partial charge in [-0.15, -0.1) is 0 Å². The van der Waals surface area contributed by atoms with E-state index in [9.17, 15) is 0 Å². The molecular formula is C24H36. The largest absolute Gasteiger partial charge is 0.0591 e. The zero-order valence-corrected chi connectivity index (χ0v) is 16.2. The molecule has 0 N–H and O–H groups in total. The SMILES string of the molecule is C[C]1CCC([C]2CCC(CCCc3cc(C)cc(C)c3)CC2)CC1. The van der Waals surface area contributed by atoms with Gasteiger partial charge in [0.05, 0.1) is 0 Å². The summed E-state index contributed by atoms with van der Waals surface area (Å²) in [7, 11) is 0. The summed E-state index contributed by atoms with van der Waals surface area (Å²) in [4.78, 5) is 0. The molecule has 0 unspecified atom stereocenters. The fourth-order valence-electron chi connectivity index (χ4n) is 5.07. The molecule has 132 valence electrons. The van der Waals surface area contributed by atoms with E-state index >= 15 is 0 Å². The third-order valence-electron chi connectivity index (χ3n) is 6.52. The summed E-state index contributed by atoms with van der Waals surface area (Å²) in [6, 6.07) is 7.04. The summed E-state index contributed by atoms with van der Waals surface area (Å²) in [6.45, 7) is 6.80. The first kappa shape index (κ1) is 18.0. The van der Waals surface area contributed by atoms with E-state index in [2.05, 4.69) is 39.0 Å². The van der Waals surface area contributed by atoms with Gasteiger partial charge in [0.1, 0.15) is 0 Å². The molecule has 1 aromatic carbocycles. The third-order valence-corrected chi connectivity index (χ3v) is 6.52. The Morgan fingerprint density at radius 1 is 0.792 bits per heavy atom. The van der Waals surface area contributed by atoms with Gasteiger partial charge in [-0.1, -0.05) is 42.7 Å². The molecule has 2 aliphatic carbocycles. The Kier molecular flexibility index (Phi) is 6.42. The minimum atomic E-state index is 0.977. The predicted molar refractivity (Wildman–Crippen MR) is 105 cm³/mol. The van der Waals surface area contributed by atoms with Crippen LogP contribution in [0.2, 0.25) is 0 Å². The lowest BCUT2D eigenvalue weighted by molar-refractivity contribution is 0.283. The maximum absolute atomic E-state index is 2.38. The van der Waals surface area contributed by atoms with Crippen LogP contribution in [-0.2, 0) is 6.42 Å². The molecule has 0 heterocycles. The van der Waals surface area contributed by atoms with Crippen molar-refractivity contribution < 1.29 is 0 Å². The Labute approximate surface area is 150 Å². The summed E-state index contributed by atoms with van der Waals surface area (Å²) in [6.07, 6.45) is 15.6. The standard InChI is InChI=1S/C24H36/c1-18-7-11-23(12-8-18)24-13-9-21(10-14-24)5-4-6-22-16-19(2)15-20(3)17-22/h15-17,21,23H,4-14H2,1-3H3. The fraction of sp³-hybridized carbons (Fsp3) is 0.667. The van der Waals surface area contributed by atoms with Crippen LogP contribution in [0.5, 0.6) is 0 Å². The fourth-order valence-corrected chi connectivity index (χ4v) is 5.07. The highest BCUT2D eigenvalue weighted by Crippen LogP contribution is 2.43. The molecule has 0 aliphatic heterocycles. The molecule has 0 bridgehead atoms. The average Bonchev–Trinajstić information content (AvgIpc) is 2.55. The monoisotopic (exact) mass is 324 g/mol. The number of hydrogen-bond acceptors (Lipinski definition) is 0. The average molecular weight is 325 g/mol. The van der Waals surface area contributed by atoms with Gasteiger partial charge in [0.2, 0.25) is 0 Å². The lowest BCUT2D eigenvalue weighted by Crippen LogP contribution is -2.23. The van der Waals surface area contributed by atoms with Crippen molar-refractivity contribution in [3.8, 4) is 0 Å². The van der Waals surface area contributed by atoms with Crippen LogP contribution < -0.4 is 0 Å². The van der Waals surface area contributed by atoms with Gasteiger partial charge in [0.15, 0.2) is 0 Å². The van der Waals surface area contributed by atoms with E-state index in [0.29, 0.717) is 0 Å². The molecule has 24 heavy (non-hydrogen) atoms. The highest BCUT2D eigenvalue weighted by molar-refractivity contribution is 5.28. The molecule has 3 rings (SSSR count). The summed E-state index contributed by atoms with van der Waals surface area (Å²) < 4.78 is 0. The van der Waals surface area contributed by atoms with Gasteiger partial charge in [-0.3, -0.25) is 0 Å². The van der Waals surface area contributed by atoms with Crippen molar-refractivity contribution in [1.29, 1.82) is 0 Å². The molecule has 1 aromatic rings. The minimum Gasteiger partial charge on any atom is -0.0591 e. The van der Waals surface area contributed by atoms with E-state index in [0.717, 1.165) is 11.8 Å². The smallest absolute Gasteiger partial charge is 0.0210 e. The van der Waals surface area contributed by atoms with Crippen molar-refractivity contribution in [2.45, 2.75) is 91.4 Å². The van der Waals surface area contributed by atoms with E-state index in [-0.39, 0.29) is 0 Å². The normalized spacial score (nSPS) is 22.1. The molecule has 0 saturated heterocycles. The second-order valence-electron chi connectivity index (χ2n) is 8.72. The van der Waals surface area contributed by atoms with Crippen LogP contribution in [0.1, 0.15) is 87.8 Å². The van der Waals surface area contributed by atoms with Gasteiger partial charge in [-0.2, -0.15) is 0 Å². The summed E-state index contributed by atoms with van der Waals surface area (Å²) in [5.41, 5.74) is 4.38. The van der Waals surface area contributed by atoms with Crippen molar-refractivity contribution in [2.75, 3.05) is 0 Å². The van der Waals surface area contributed by atoms with Crippen LogP contribution in [0.15, 0.2) is 18.2 Å². The number of benzene rings is 1. The van der Waals surface area contributed by atoms with E-state index in [4.69, 9.17) is 0 Å². The Morgan fingerprint density at radius 2 is 1.42 bits per heavy atom. The van der Waals surface area contributed by atoms with Gasteiger partial charge in [-0.05, 0) is 107 Å². The van der Waals surface area contributed by atoms with Crippen LogP contribution in [-0.4, -0.2) is 0 Å². The van der Waals surface area contributed by atoms with Gasteiger partial charge < -0.3 is 0 Å². The van der Waals surface area contributed by atoms with Gasteiger partial charge in [0, 0.05) is 0 Å². The molecule has 2 aliphatic rings. The molecule has 0 amide bonds. The van der Waals surface area contributed by atoms with E-state index < -0.39 is 0 Å². The van der Waals surface area contributed by atoms with E-state index in [1.165, 1.54) is 81.8 Å². The first-order valence-electron chi connectivity index (χ1n) is 10.3. The molecule has 0 atom stereocenters. The second kappa shape index (κ2) is 8.54. The van der Waals surface area contributed by atoms with E-state index in [1.807, 2.05) is 5.92 Å². The van der Waals surface area contributed by atoms with Gasteiger partial charge >= 0.3 is 0 Å². The molecule has 0 heteroatoms. The maximum Gasteiger partial charge on any atom is -0.0210 e. The van der Waals surface area contributed by atoms with Crippen molar-refractivity contribution >= 4 is 0 Å². The molecule has 2 fully saturated rings. The van der Waals surface area contributed by atoms with Crippen LogP contribution in [0.3, 0.4) is 0 Å². The van der Waals surface area contributed by atoms with E-state index in [1.54, 1.807) is 11.5 Å². The van der Waals surface area contributed by atoms with Crippen LogP contribution in [0.25, 0.3) is 0 Å². The molecule has 0 aromatic heterocycles. The summed E-state index contributed by atoms with van der Waals surface area (Å²) in [5.74, 6) is 5.65. The molecular weight excluding hydrogens is 288 g/mol. The third kappa shape index (κ3) is 5.11. The quantitative estimate of drug-likeness (QED) is 0.538. The molecule has 2 radical (unpaired) electrons. The van der Waals surface area contributed by atoms with Crippen molar-refractivity contribution in [3.63, 3.8) is 0 Å². The summed E-state index contributed by atoms with van der Waals surface area (Å²) in [5, 5.41) is 0. The number of rotatable bonds is 5. The highest BCUT2D eigenvalue weighted by atomic mass is 14.3. The Bertz CT molecular complexity index is 479. The van der Waals surface area contributed by atoms with Gasteiger partial charge in [0.25, 0.3) is 0 Å². The van der Waals surface area contributed by atoms with Crippen molar-refractivity contribution in [3.05, 3.63) is 46.7 Å². The lowest BCUT2D eigenvalue weighted by Gasteiger charge is -2.36. The summed E-state index contributed by atoms with van der Waals surface area (Å²) >= 11 is 0. The number of hydrogen-bond donors (Lipinski definition) is 0. The number of aryl methyl sites for hydroxylation is 3. The Balaban J connectivity index is 1.36. The van der Waals surface area contributed by atoms with Crippen LogP contribution in [0, 0.1) is 37.5 Å². The van der Waals surface area contributed by atoms with Crippen molar-refractivity contribution in [2.24, 2.45) is 11.8 Å². The first-order valence-corrected chi connectivity index (χ1v) is 10.3. The topological polar surface area (TPSA) is 0 Å². The van der Waals surface area contributed by atoms with Gasteiger partial charge in [-0.25, -0.2) is 0 Å². The Morgan fingerprint density at radius 3 is 2.04 bits per heavy atom. The zero-order chi connectivity index (χ0) is 16.9. The second-order valence-corrected chi connectivity index (χ2v) is 8.72. The molecule has 2 saturated carbocycles. The Hall–Kier alpha value is -0.780. The molecule has 0 spiro atoms. The maximum atomic E-state index is 2.38. The zero-order valence-electron chi connectivity index (χ0n) is 16.2. The van der Waals surface area contributed by atoms with Crippen LogP contribution in [0.4, 0.5) is 0 Å². The minimum absolute atomic E-state index is 0.977. The van der Waals surface area contributed by atoms with Crippen molar-refractivity contribution in [1.82, 2.24) is 0 Å². The van der Waals surface area contributed by atoms with Crippen LogP contribution >= 0.6 is 0 Å². The predicted octanol–water partition coefficient (Wildman–Crippen LogP) is 7.18. The first-order chi connectivity index (χ1) is 11.6. The highest BCUT2D eigenvalue weighted by Gasteiger charge is 2.30.